The van der Waals surface area contributed by atoms with Gasteiger partial charge in [-0.25, -0.2) is 0 Å². The molecule has 1 aromatic heterocycles. The lowest BCUT2D eigenvalue weighted by molar-refractivity contribution is 0.311. The lowest BCUT2D eigenvalue weighted by Crippen LogP contribution is -2.23. The van der Waals surface area contributed by atoms with Gasteiger partial charge in [-0.05, 0) is 54.6 Å². The maximum atomic E-state index is 6.01. The second kappa shape index (κ2) is 5.08. The number of piperidine rings is 1. The zero-order valence-electron chi connectivity index (χ0n) is 11.3. The zero-order valence-corrected chi connectivity index (χ0v) is 12.1. The van der Waals surface area contributed by atoms with E-state index in [9.17, 15) is 0 Å². The van der Waals surface area contributed by atoms with E-state index in [2.05, 4.69) is 41.0 Å². The van der Waals surface area contributed by atoms with E-state index in [0.29, 0.717) is 6.61 Å². The Hall–Kier alpha value is -1.58. The lowest BCUT2D eigenvalue weighted by Gasteiger charge is -2.20. The van der Waals surface area contributed by atoms with Gasteiger partial charge in [0, 0.05) is 10.4 Å². The molecule has 0 aliphatic carbocycles. The van der Waals surface area contributed by atoms with E-state index in [1.54, 1.807) is 16.9 Å². The van der Waals surface area contributed by atoms with E-state index >= 15 is 0 Å². The molecule has 1 saturated heterocycles. The number of hydrogen-bond acceptors (Lipinski definition) is 3. The molecule has 4 rings (SSSR count). The van der Waals surface area contributed by atoms with Crippen molar-refractivity contribution in [1.82, 2.24) is 5.32 Å². The van der Waals surface area contributed by atoms with E-state index in [0.717, 1.165) is 31.7 Å². The van der Waals surface area contributed by atoms with Crippen LogP contribution in [0.1, 0.15) is 28.8 Å². The molecular formula is C17H17NOS. The first-order valence-electron chi connectivity index (χ1n) is 7.15. The lowest BCUT2D eigenvalue weighted by atomic mass is 9.89. The summed E-state index contributed by atoms with van der Waals surface area (Å²) in [6.07, 6.45) is 2.28. The Morgan fingerprint density at radius 2 is 1.85 bits per heavy atom. The number of benzene rings is 1. The third-order valence-electron chi connectivity index (χ3n) is 4.09. The van der Waals surface area contributed by atoms with Crippen LogP contribution in [0.2, 0.25) is 0 Å². The van der Waals surface area contributed by atoms with Gasteiger partial charge in [0.25, 0.3) is 0 Å². The van der Waals surface area contributed by atoms with Crippen LogP contribution in [-0.2, 0) is 6.61 Å². The molecule has 2 aromatic rings. The quantitative estimate of drug-likeness (QED) is 0.793. The van der Waals surface area contributed by atoms with Gasteiger partial charge in [0.05, 0.1) is 0 Å². The standard InChI is InChI=1S/C17H17NOS/c1-2-4-15-13(3-1)17(12-5-8-18-9-6-12)14-7-10-20-16(14)11-19-15/h1-4,7,10,18H,5-6,8-9,11H2. The predicted molar refractivity (Wildman–Crippen MR) is 83.2 cm³/mol. The van der Waals surface area contributed by atoms with Gasteiger partial charge in [0.15, 0.2) is 0 Å². The molecule has 0 spiro atoms. The Bertz CT molecular complexity index is 663. The van der Waals surface area contributed by atoms with Gasteiger partial charge in [0.2, 0.25) is 0 Å². The number of ether oxygens (including phenoxy) is 1. The molecule has 2 nitrogen and oxygen atoms in total. The fourth-order valence-corrected chi connectivity index (χ4v) is 3.91. The predicted octanol–water partition coefficient (Wildman–Crippen LogP) is 3.83. The molecule has 0 radical (unpaired) electrons. The van der Waals surface area contributed by atoms with Crippen molar-refractivity contribution in [2.45, 2.75) is 19.4 Å². The topological polar surface area (TPSA) is 21.3 Å². The third kappa shape index (κ3) is 1.98. The molecular weight excluding hydrogens is 266 g/mol. The van der Waals surface area contributed by atoms with Crippen LogP contribution in [-0.4, -0.2) is 13.1 Å². The number of nitrogens with one attached hydrogen (secondary N) is 1. The fraction of sp³-hybridized carbons (Fsp3) is 0.294. The Morgan fingerprint density at radius 1 is 1.00 bits per heavy atom. The molecule has 0 bridgehead atoms. The Labute approximate surface area is 123 Å². The maximum Gasteiger partial charge on any atom is 0.127 e. The van der Waals surface area contributed by atoms with Gasteiger partial charge in [-0.15, -0.1) is 11.3 Å². The van der Waals surface area contributed by atoms with Crippen LogP contribution in [0, 0.1) is 0 Å². The summed E-state index contributed by atoms with van der Waals surface area (Å²) in [5.74, 6) is 1.02. The highest BCUT2D eigenvalue weighted by molar-refractivity contribution is 7.10. The van der Waals surface area contributed by atoms with E-state index in [-0.39, 0.29) is 0 Å². The van der Waals surface area contributed by atoms with Crippen molar-refractivity contribution in [2.75, 3.05) is 13.1 Å². The van der Waals surface area contributed by atoms with Gasteiger partial charge >= 0.3 is 0 Å². The number of hydrogen-bond donors (Lipinski definition) is 1. The first-order chi connectivity index (χ1) is 9.93. The van der Waals surface area contributed by atoms with E-state index in [1.165, 1.54) is 21.6 Å². The van der Waals surface area contributed by atoms with Crippen LogP contribution in [0.4, 0.5) is 0 Å². The minimum atomic E-state index is 0.693. The minimum Gasteiger partial charge on any atom is -0.487 e. The summed E-state index contributed by atoms with van der Waals surface area (Å²) in [7, 11) is 0. The summed E-state index contributed by atoms with van der Waals surface area (Å²) in [6.45, 7) is 2.86. The second-order valence-corrected chi connectivity index (χ2v) is 6.27. The van der Waals surface area contributed by atoms with Crippen LogP contribution in [0.25, 0.3) is 5.57 Å². The summed E-state index contributed by atoms with van der Waals surface area (Å²) in [4.78, 5) is 1.35. The zero-order chi connectivity index (χ0) is 13.4. The highest BCUT2D eigenvalue weighted by Gasteiger charge is 2.23. The molecule has 3 heterocycles. The van der Waals surface area contributed by atoms with Crippen molar-refractivity contribution in [2.24, 2.45) is 0 Å². The Morgan fingerprint density at radius 3 is 2.75 bits per heavy atom. The number of para-hydroxylation sites is 1. The van der Waals surface area contributed by atoms with Gasteiger partial charge < -0.3 is 10.1 Å². The molecule has 1 fully saturated rings. The van der Waals surface area contributed by atoms with Gasteiger partial charge in [-0.1, -0.05) is 23.8 Å². The highest BCUT2D eigenvalue weighted by atomic mass is 32.1. The number of fused-ring (bicyclic) bond motifs is 2. The molecule has 2 aliphatic rings. The van der Waals surface area contributed by atoms with E-state index < -0.39 is 0 Å². The fourth-order valence-electron chi connectivity index (χ4n) is 3.12. The Balaban J connectivity index is 1.96. The first kappa shape index (κ1) is 12.2. The first-order valence-corrected chi connectivity index (χ1v) is 8.03. The molecule has 0 atom stereocenters. The molecule has 1 N–H and O–H groups in total. The molecule has 2 aliphatic heterocycles. The molecule has 0 unspecified atom stereocenters. The third-order valence-corrected chi connectivity index (χ3v) is 4.99. The second-order valence-electron chi connectivity index (χ2n) is 5.27. The average molecular weight is 283 g/mol. The van der Waals surface area contributed by atoms with E-state index in [1.807, 2.05) is 0 Å². The van der Waals surface area contributed by atoms with Crippen molar-refractivity contribution in [3.63, 3.8) is 0 Å². The number of rotatable bonds is 0. The SMILES string of the molecule is c1ccc2c(c1)OCc1sccc1C2=C1CCNCC1. The largest absolute Gasteiger partial charge is 0.487 e. The van der Waals surface area contributed by atoms with Crippen LogP contribution >= 0.6 is 11.3 Å². The molecule has 3 heteroatoms. The van der Waals surface area contributed by atoms with Crippen molar-refractivity contribution < 1.29 is 4.74 Å². The monoisotopic (exact) mass is 283 g/mol. The van der Waals surface area contributed by atoms with Crippen LogP contribution in [0.5, 0.6) is 5.75 Å². The average Bonchev–Trinajstić information content (AvgIpc) is 2.90. The van der Waals surface area contributed by atoms with Crippen molar-refractivity contribution in [1.29, 1.82) is 0 Å². The van der Waals surface area contributed by atoms with Gasteiger partial charge in [0.1, 0.15) is 12.4 Å². The molecule has 0 saturated carbocycles. The summed E-state index contributed by atoms with van der Waals surface area (Å²) >= 11 is 1.80. The molecule has 1 aromatic carbocycles. The Kier molecular flexibility index (Phi) is 3.09. The molecule has 0 amide bonds. The van der Waals surface area contributed by atoms with Gasteiger partial charge in [-0.2, -0.15) is 0 Å². The van der Waals surface area contributed by atoms with Crippen LogP contribution < -0.4 is 10.1 Å². The van der Waals surface area contributed by atoms with E-state index in [4.69, 9.17) is 4.74 Å². The van der Waals surface area contributed by atoms with Crippen molar-refractivity contribution >= 4 is 16.9 Å². The summed E-state index contributed by atoms with van der Waals surface area (Å²) in [6, 6.07) is 10.7. The molecule has 102 valence electrons. The van der Waals surface area contributed by atoms with Crippen molar-refractivity contribution in [3.05, 3.63) is 57.3 Å². The van der Waals surface area contributed by atoms with Crippen LogP contribution in [0.15, 0.2) is 41.3 Å². The minimum absolute atomic E-state index is 0.693. The van der Waals surface area contributed by atoms with Crippen LogP contribution in [0.3, 0.4) is 0 Å². The smallest absolute Gasteiger partial charge is 0.127 e. The number of thiophene rings is 1. The summed E-state index contributed by atoms with van der Waals surface area (Å²) in [5, 5.41) is 5.63. The highest BCUT2D eigenvalue weighted by Crippen LogP contribution is 2.41. The maximum absolute atomic E-state index is 6.01. The summed E-state index contributed by atoms with van der Waals surface area (Å²) in [5.41, 5.74) is 5.65. The van der Waals surface area contributed by atoms with Crippen molar-refractivity contribution in [3.8, 4) is 5.75 Å². The molecule has 20 heavy (non-hydrogen) atoms. The normalized spacial score (nSPS) is 18.0. The summed E-state index contributed by atoms with van der Waals surface area (Å²) < 4.78 is 6.01. The van der Waals surface area contributed by atoms with Gasteiger partial charge in [-0.3, -0.25) is 0 Å².